The predicted molar refractivity (Wildman–Crippen MR) is 137 cm³/mol. The van der Waals surface area contributed by atoms with Crippen LogP contribution in [0.1, 0.15) is 53.5 Å². The smallest absolute Gasteiger partial charge is 0.350 e. The van der Waals surface area contributed by atoms with Crippen LogP contribution in [-0.2, 0) is 32.9 Å². The number of aliphatic hydroxyl groups excluding tert-OH is 1. The van der Waals surface area contributed by atoms with Crippen molar-refractivity contribution in [3.8, 4) is 0 Å². The van der Waals surface area contributed by atoms with Crippen LogP contribution in [0.4, 0.5) is 8.78 Å². The number of rotatable bonds is 13. The molecule has 1 aromatic heterocycles. The van der Waals surface area contributed by atoms with Gasteiger partial charge in [0.05, 0.1) is 18.8 Å². The average molecular weight is 610 g/mol. The molecule has 2 unspecified atom stereocenters. The van der Waals surface area contributed by atoms with Gasteiger partial charge < -0.3 is 23.8 Å². The molecule has 3 N–H and O–H groups in total. The number of esters is 2. The molecule has 0 spiro atoms. The van der Waals surface area contributed by atoms with E-state index in [0.717, 1.165) is 6.20 Å². The van der Waals surface area contributed by atoms with E-state index in [0.29, 0.717) is 4.57 Å². The summed E-state index contributed by atoms with van der Waals surface area (Å²) in [7, 11) is -4.62. The highest BCUT2D eigenvalue weighted by Crippen LogP contribution is 2.50. The highest BCUT2D eigenvalue weighted by Gasteiger charge is 2.67. The number of ether oxygens (including phenoxy) is 3. The predicted octanol–water partition coefficient (Wildman–Crippen LogP) is 2.07. The van der Waals surface area contributed by atoms with Crippen LogP contribution in [0.3, 0.4) is 0 Å². The summed E-state index contributed by atoms with van der Waals surface area (Å²) >= 11 is 0. The lowest BCUT2D eigenvalue weighted by atomic mass is 10.1. The Kier molecular flexibility index (Phi) is 11.1. The lowest BCUT2D eigenvalue weighted by Gasteiger charge is -2.31. The maximum atomic E-state index is 15.3. The minimum absolute atomic E-state index is 0.214. The summed E-state index contributed by atoms with van der Waals surface area (Å²) < 4.78 is 65.5. The van der Waals surface area contributed by atoms with Gasteiger partial charge in [0.25, 0.3) is 0 Å². The first kappa shape index (κ1) is 34.2. The van der Waals surface area contributed by atoms with Crippen molar-refractivity contribution in [1.82, 2.24) is 19.7 Å². The number of nitrogens with one attached hydrogen (secondary N) is 2. The van der Waals surface area contributed by atoms with Gasteiger partial charge in [0.2, 0.25) is 12.0 Å². The molecule has 1 saturated heterocycles. The van der Waals surface area contributed by atoms with E-state index >= 15 is 8.78 Å². The second kappa shape index (κ2) is 13.3. The van der Waals surface area contributed by atoms with Gasteiger partial charge in [-0.2, -0.15) is 13.8 Å². The zero-order valence-corrected chi connectivity index (χ0v) is 24.4. The molecule has 19 heteroatoms. The van der Waals surface area contributed by atoms with E-state index in [1.54, 1.807) is 27.7 Å². The maximum absolute atomic E-state index is 15.3. The van der Waals surface area contributed by atoms with Crippen LogP contribution in [0.5, 0.6) is 0 Å². The van der Waals surface area contributed by atoms with Gasteiger partial charge >= 0.3 is 31.2 Å². The Morgan fingerprint density at radius 2 is 1.71 bits per heavy atom. The molecule has 5 atom stereocenters. The zero-order valence-electron chi connectivity index (χ0n) is 23.5. The largest absolute Gasteiger partial charge is 0.462 e. The van der Waals surface area contributed by atoms with Gasteiger partial charge in [-0.1, -0.05) is 5.11 Å². The van der Waals surface area contributed by atoms with E-state index in [4.69, 9.17) is 24.3 Å². The van der Waals surface area contributed by atoms with Gasteiger partial charge in [-0.25, -0.2) is 15.0 Å². The maximum Gasteiger partial charge on any atom is 0.350 e. The molecular weight excluding hydrogens is 575 g/mol. The minimum atomic E-state index is -4.62. The topological polar surface area (TPSA) is 216 Å². The Bertz CT molecular complexity index is 1240. The third kappa shape index (κ3) is 8.29. The molecular formula is C22H34F2N7O9P. The van der Waals surface area contributed by atoms with Crippen molar-refractivity contribution in [2.75, 3.05) is 6.61 Å². The van der Waals surface area contributed by atoms with Crippen molar-refractivity contribution in [1.29, 1.82) is 0 Å². The van der Waals surface area contributed by atoms with Crippen LogP contribution in [0.2, 0.25) is 0 Å². The molecule has 1 aliphatic rings. The van der Waals surface area contributed by atoms with Gasteiger partial charge in [0.15, 0.2) is 6.10 Å². The Morgan fingerprint density at radius 3 is 2.15 bits per heavy atom. The Hall–Kier alpha value is -2.98. The molecule has 41 heavy (non-hydrogen) atoms. The number of nitrogens with zero attached hydrogens (tertiary/aromatic N) is 5. The molecule has 0 amide bonds. The number of halogens is 2. The number of aryl methyl sites for hydroxylation is 1. The first-order chi connectivity index (χ1) is 18.9. The number of hydrogen-bond donors (Lipinski definition) is 3. The Balaban J connectivity index is 2.45. The van der Waals surface area contributed by atoms with Crippen LogP contribution in [0.15, 0.2) is 22.2 Å². The molecule has 1 aliphatic heterocycles. The van der Waals surface area contributed by atoms with E-state index < -0.39 is 80.2 Å². The summed E-state index contributed by atoms with van der Waals surface area (Å²) in [6.45, 7) is 8.92. The lowest BCUT2D eigenvalue weighted by molar-refractivity contribution is -0.149. The number of azide groups is 1. The summed E-state index contributed by atoms with van der Waals surface area (Å²) in [5.74, 6) is -5.99. The number of hydrogen-bond acceptors (Lipinski definition) is 11. The molecule has 0 aromatic carbocycles. The summed E-state index contributed by atoms with van der Waals surface area (Å²) in [6, 6.07) is -1.44. The first-order valence-corrected chi connectivity index (χ1v) is 14.1. The van der Waals surface area contributed by atoms with E-state index in [1.807, 2.05) is 0 Å². The van der Waals surface area contributed by atoms with Crippen molar-refractivity contribution in [2.45, 2.75) is 96.7 Å². The summed E-state index contributed by atoms with van der Waals surface area (Å²) in [6.07, 6.45) is -5.57. The molecule has 230 valence electrons. The van der Waals surface area contributed by atoms with Crippen LogP contribution in [0.25, 0.3) is 10.4 Å². The molecule has 0 bridgehead atoms. The van der Waals surface area contributed by atoms with Crippen LogP contribution in [0, 0.1) is 6.92 Å². The average Bonchev–Trinajstić information content (AvgIpc) is 3.03. The van der Waals surface area contributed by atoms with Crippen LogP contribution >= 0.6 is 7.67 Å². The minimum Gasteiger partial charge on any atom is -0.462 e. The van der Waals surface area contributed by atoms with Crippen LogP contribution < -0.4 is 15.9 Å². The lowest BCUT2D eigenvalue weighted by Crippen LogP contribution is -2.49. The summed E-state index contributed by atoms with van der Waals surface area (Å²) in [4.78, 5) is 43.0. The number of carbonyl (C=O) groups excluding carboxylic acids is 2. The number of aliphatic hydroxyl groups is 1. The highest BCUT2D eigenvalue weighted by atomic mass is 31.2. The molecule has 2 heterocycles. The second-order valence-electron chi connectivity index (χ2n) is 9.84. The van der Waals surface area contributed by atoms with Crippen molar-refractivity contribution in [3.63, 3.8) is 0 Å². The van der Waals surface area contributed by atoms with E-state index in [-0.39, 0.29) is 5.69 Å². The van der Waals surface area contributed by atoms with Crippen molar-refractivity contribution in [3.05, 3.63) is 38.9 Å². The van der Waals surface area contributed by atoms with E-state index in [2.05, 4.69) is 25.2 Å². The highest BCUT2D eigenvalue weighted by molar-refractivity contribution is 7.54. The molecule has 0 aliphatic carbocycles. The Labute approximate surface area is 233 Å². The van der Waals surface area contributed by atoms with Crippen molar-refractivity contribution in [2.24, 2.45) is 5.11 Å². The van der Waals surface area contributed by atoms with Crippen LogP contribution in [-0.4, -0.2) is 75.2 Å². The van der Waals surface area contributed by atoms with Gasteiger partial charge in [0, 0.05) is 16.8 Å². The zero-order chi connectivity index (χ0) is 31.3. The normalized spacial score (nSPS) is 24.8. The number of aromatic nitrogens is 2. The van der Waals surface area contributed by atoms with E-state index in [9.17, 15) is 24.1 Å². The fourth-order valence-corrected chi connectivity index (χ4v) is 5.39. The molecule has 2 rings (SSSR count). The quantitative estimate of drug-likeness (QED) is 0.0963. The number of carbonyl (C=O) groups is 2. The van der Waals surface area contributed by atoms with Gasteiger partial charge in [-0.3, -0.25) is 18.7 Å². The monoisotopic (exact) mass is 609 g/mol. The fraction of sp³-hybridized carbons (Fsp3) is 0.727. The molecule has 16 nitrogen and oxygen atoms in total. The van der Waals surface area contributed by atoms with Gasteiger partial charge in [0.1, 0.15) is 12.1 Å². The molecule has 1 fully saturated rings. The van der Waals surface area contributed by atoms with Gasteiger partial charge in [-0.05, 0) is 60.1 Å². The first-order valence-electron chi connectivity index (χ1n) is 12.4. The molecule has 0 radical (unpaired) electrons. The second-order valence-corrected chi connectivity index (χ2v) is 11.7. The van der Waals surface area contributed by atoms with E-state index in [1.165, 1.54) is 26.8 Å². The third-order valence-electron chi connectivity index (χ3n) is 5.46. The SMILES string of the molecule is Cc1ccn([C@@H]2O[C@@](COP(=O)(NC(C)C(=O)OC(C)C)NC(C)C(=O)OC(C)C)(N=[N+]=[N-])[C@@H](O)C2(F)F)c(=O)n1. The fourth-order valence-electron chi connectivity index (χ4n) is 3.57. The molecule has 1 aromatic rings. The molecule has 0 saturated carbocycles. The summed E-state index contributed by atoms with van der Waals surface area (Å²) in [5.41, 5.74) is 5.25. The van der Waals surface area contributed by atoms with Crippen molar-refractivity contribution < 1.29 is 46.8 Å². The van der Waals surface area contributed by atoms with Crippen molar-refractivity contribution >= 4 is 19.6 Å². The van der Waals surface area contributed by atoms with Gasteiger partial charge in [-0.15, -0.1) is 0 Å². The third-order valence-corrected chi connectivity index (χ3v) is 7.41. The standard InChI is InChI=1S/C22H34F2N7O9P/c1-11(2)38-16(32)14(6)27-41(36,28-15(7)17(33)39-12(3)4)37-10-21(29-30-25)18(34)22(23,24)19(40-21)31-9-8-13(5)26-20(31)35/h8-9,11-12,14-15,18-19,34H,10H2,1-7H3,(H2,27,28,36)/t14?,15?,18-,19-,21-,41?/m1/s1. The summed E-state index contributed by atoms with van der Waals surface area (Å²) in [5, 5.41) is 18.4. The number of alkyl halides is 2. The Morgan fingerprint density at radius 1 is 1.20 bits per heavy atom.